The van der Waals surface area contributed by atoms with E-state index in [1.54, 1.807) is 0 Å². The molecule has 0 spiro atoms. The Bertz CT molecular complexity index is 826. The van der Waals surface area contributed by atoms with E-state index in [-0.39, 0.29) is 31.1 Å². The smallest absolute Gasteiger partial charge is 0.306 e. The predicted molar refractivity (Wildman–Crippen MR) is 229 cm³/mol. The third-order valence-electron chi connectivity index (χ3n) is 11.1. The van der Waals surface area contributed by atoms with Crippen molar-refractivity contribution in [1.29, 1.82) is 0 Å². The molecule has 6 nitrogen and oxygen atoms in total. The van der Waals surface area contributed by atoms with Gasteiger partial charge in [-0.15, -0.1) is 0 Å². The molecular formula is C48H92O6. The molecule has 6 heteroatoms. The highest BCUT2D eigenvalue weighted by Crippen LogP contribution is 2.17. The van der Waals surface area contributed by atoms with E-state index in [0.717, 1.165) is 76.0 Å². The zero-order valence-corrected chi connectivity index (χ0v) is 36.8. The van der Waals surface area contributed by atoms with Crippen molar-refractivity contribution in [3.05, 3.63) is 0 Å². The van der Waals surface area contributed by atoms with Crippen molar-refractivity contribution in [2.45, 2.75) is 265 Å². The fourth-order valence-corrected chi connectivity index (χ4v) is 7.07. The van der Waals surface area contributed by atoms with Crippen LogP contribution in [-0.4, -0.2) is 37.2 Å². The van der Waals surface area contributed by atoms with Crippen molar-refractivity contribution < 1.29 is 28.6 Å². The quantitative estimate of drug-likeness (QED) is 0.0350. The van der Waals surface area contributed by atoms with Crippen molar-refractivity contribution in [2.75, 3.05) is 13.2 Å². The van der Waals surface area contributed by atoms with E-state index < -0.39 is 6.10 Å². The minimum atomic E-state index is -0.758. The van der Waals surface area contributed by atoms with Crippen LogP contribution < -0.4 is 0 Å². The highest BCUT2D eigenvalue weighted by Gasteiger charge is 2.19. The molecule has 54 heavy (non-hydrogen) atoms. The summed E-state index contributed by atoms with van der Waals surface area (Å²) in [4.78, 5) is 37.4. The molecule has 0 rings (SSSR count). The second-order valence-electron chi connectivity index (χ2n) is 17.1. The van der Waals surface area contributed by atoms with Gasteiger partial charge in [-0.05, 0) is 31.1 Å². The van der Waals surface area contributed by atoms with E-state index in [1.165, 1.54) is 141 Å². The van der Waals surface area contributed by atoms with Gasteiger partial charge in [0.05, 0.1) is 0 Å². The Kier molecular flexibility index (Phi) is 39.8. The van der Waals surface area contributed by atoms with Crippen molar-refractivity contribution in [3.63, 3.8) is 0 Å². The summed E-state index contributed by atoms with van der Waals surface area (Å²) in [6.45, 7) is 11.2. The molecular weight excluding hydrogens is 673 g/mol. The zero-order valence-electron chi connectivity index (χ0n) is 36.8. The lowest BCUT2D eigenvalue weighted by Gasteiger charge is -2.18. The van der Waals surface area contributed by atoms with Crippen molar-refractivity contribution in [3.8, 4) is 0 Å². The molecule has 0 aromatic carbocycles. The van der Waals surface area contributed by atoms with Crippen LogP contribution in [0.15, 0.2) is 0 Å². The van der Waals surface area contributed by atoms with Crippen molar-refractivity contribution in [2.24, 2.45) is 11.8 Å². The fraction of sp³-hybridized carbons (Fsp3) is 0.938. The van der Waals surface area contributed by atoms with Gasteiger partial charge in [0.15, 0.2) is 6.10 Å². The van der Waals surface area contributed by atoms with Crippen molar-refractivity contribution in [1.82, 2.24) is 0 Å². The standard InChI is InChI=1S/C48H92O6/c1-6-8-9-26-35-40-48(51)54-45(42-53-47(50)39-34-30-25-24-27-31-36-43(3)4)41-52-46(49)38-33-29-23-21-19-17-15-13-11-10-12-14-16-18-20-22-28-32-37-44(5)7-2/h43-45H,6-42H2,1-5H3/t44?,45-/m0/s1. The molecule has 0 aliphatic heterocycles. The largest absolute Gasteiger partial charge is 0.462 e. The van der Waals surface area contributed by atoms with Gasteiger partial charge < -0.3 is 14.2 Å². The van der Waals surface area contributed by atoms with Gasteiger partial charge in [0.25, 0.3) is 0 Å². The maximum absolute atomic E-state index is 12.5. The third kappa shape index (κ3) is 40.1. The number of rotatable bonds is 42. The SMILES string of the molecule is CCCCCCCC(=O)O[C@@H](COC(=O)CCCCCCCCCCCCCCCCCCCCC(C)CC)COC(=O)CCCCCCCCC(C)C. The van der Waals surface area contributed by atoms with Crippen LogP contribution in [-0.2, 0) is 28.6 Å². The maximum atomic E-state index is 12.5. The Balaban J connectivity index is 3.99. The van der Waals surface area contributed by atoms with Gasteiger partial charge in [-0.1, -0.05) is 221 Å². The van der Waals surface area contributed by atoms with Crippen LogP contribution >= 0.6 is 0 Å². The van der Waals surface area contributed by atoms with E-state index in [0.29, 0.717) is 19.3 Å². The summed E-state index contributed by atoms with van der Waals surface area (Å²) >= 11 is 0. The number of hydrogen-bond acceptors (Lipinski definition) is 6. The molecule has 0 aromatic heterocycles. The van der Waals surface area contributed by atoms with E-state index in [2.05, 4.69) is 34.6 Å². The molecule has 2 atom stereocenters. The molecule has 0 aromatic rings. The van der Waals surface area contributed by atoms with Gasteiger partial charge in [0, 0.05) is 19.3 Å². The highest BCUT2D eigenvalue weighted by molar-refractivity contribution is 5.71. The fourth-order valence-electron chi connectivity index (χ4n) is 7.07. The summed E-state index contributed by atoms with van der Waals surface area (Å²) in [6.07, 6.45) is 40.0. The number of carbonyl (C=O) groups is 3. The normalized spacial score (nSPS) is 12.6. The molecule has 0 aliphatic rings. The molecule has 1 unspecified atom stereocenters. The number of unbranched alkanes of at least 4 members (excludes halogenated alkanes) is 26. The molecule has 0 bridgehead atoms. The van der Waals surface area contributed by atoms with Gasteiger partial charge in [-0.2, -0.15) is 0 Å². The van der Waals surface area contributed by atoms with Gasteiger partial charge in [0.2, 0.25) is 0 Å². The van der Waals surface area contributed by atoms with Crippen molar-refractivity contribution >= 4 is 17.9 Å². The molecule has 0 amide bonds. The van der Waals surface area contributed by atoms with Crippen LogP contribution in [0.1, 0.15) is 259 Å². The van der Waals surface area contributed by atoms with Gasteiger partial charge in [0.1, 0.15) is 13.2 Å². The van der Waals surface area contributed by atoms with Gasteiger partial charge >= 0.3 is 17.9 Å². The monoisotopic (exact) mass is 765 g/mol. The Morgan fingerprint density at radius 1 is 0.389 bits per heavy atom. The Hall–Kier alpha value is -1.59. The van der Waals surface area contributed by atoms with Crippen LogP contribution in [0.5, 0.6) is 0 Å². The number of hydrogen-bond donors (Lipinski definition) is 0. The second-order valence-corrected chi connectivity index (χ2v) is 17.1. The minimum Gasteiger partial charge on any atom is -0.462 e. The number of ether oxygens (including phenoxy) is 3. The summed E-state index contributed by atoms with van der Waals surface area (Å²) in [5.74, 6) is 0.798. The maximum Gasteiger partial charge on any atom is 0.306 e. The molecule has 0 saturated carbocycles. The summed E-state index contributed by atoms with van der Waals surface area (Å²) < 4.78 is 16.6. The van der Waals surface area contributed by atoms with E-state index in [9.17, 15) is 14.4 Å². The van der Waals surface area contributed by atoms with Gasteiger partial charge in [-0.25, -0.2) is 0 Å². The molecule has 0 N–H and O–H groups in total. The van der Waals surface area contributed by atoms with E-state index in [4.69, 9.17) is 14.2 Å². The Morgan fingerprint density at radius 2 is 0.704 bits per heavy atom. The molecule has 0 saturated heterocycles. The first-order valence-electron chi connectivity index (χ1n) is 23.8. The summed E-state index contributed by atoms with van der Waals surface area (Å²) in [5.41, 5.74) is 0. The van der Waals surface area contributed by atoms with Crippen LogP contribution in [0.4, 0.5) is 0 Å². The molecule has 0 fully saturated rings. The predicted octanol–water partition coefficient (Wildman–Crippen LogP) is 15.0. The lowest BCUT2D eigenvalue weighted by molar-refractivity contribution is -0.167. The highest BCUT2D eigenvalue weighted by atomic mass is 16.6. The van der Waals surface area contributed by atoms with Crippen LogP contribution in [0.3, 0.4) is 0 Å². The first-order chi connectivity index (χ1) is 26.3. The number of esters is 3. The van der Waals surface area contributed by atoms with E-state index in [1.807, 2.05) is 0 Å². The molecule has 0 heterocycles. The van der Waals surface area contributed by atoms with Crippen LogP contribution in [0.2, 0.25) is 0 Å². The Labute approximate surface area is 336 Å². The second kappa shape index (κ2) is 41.1. The number of carbonyl (C=O) groups excluding carboxylic acids is 3. The lowest BCUT2D eigenvalue weighted by atomic mass is 9.99. The molecule has 0 radical (unpaired) electrons. The minimum absolute atomic E-state index is 0.0667. The Morgan fingerprint density at radius 3 is 1.06 bits per heavy atom. The lowest BCUT2D eigenvalue weighted by Crippen LogP contribution is -2.30. The topological polar surface area (TPSA) is 78.9 Å². The first kappa shape index (κ1) is 52.4. The summed E-state index contributed by atoms with van der Waals surface area (Å²) in [5, 5.41) is 0. The first-order valence-corrected chi connectivity index (χ1v) is 23.8. The zero-order chi connectivity index (χ0) is 39.7. The molecule has 320 valence electrons. The van der Waals surface area contributed by atoms with Crippen LogP contribution in [0, 0.1) is 11.8 Å². The third-order valence-corrected chi connectivity index (χ3v) is 11.1. The van der Waals surface area contributed by atoms with Gasteiger partial charge in [-0.3, -0.25) is 14.4 Å². The average molecular weight is 765 g/mol. The molecule has 0 aliphatic carbocycles. The van der Waals surface area contributed by atoms with E-state index >= 15 is 0 Å². The summed E-state index contributed by atoms with van der Waals surface area (Å²) in [7, 11) is 0. The summed E-state index contributed by atoms with van der Waals surface area (Å²) in [6, 6.07) is 0. The van der Waals surface area contributed by atoms with Crippen LogP contribution in [0.25, 0.3) is 0 Å². The average Bonchev–Trinajstić information content (AvgIpc) is 3.15.